The minimum absolute atomic E-state index is 0.497. The number of ether oxygens (including phenoxy) is 1. The van der Waals surface area contributed by atoms with Gasteiger partial charge in [0.25, 0.3) is 0 Å². The van der Waals surface area contributed by atoms with Gasteiger partial charge in [-0.2, -0.15) is 0 Å². The number of unbranched alkanes of at least 4 members (excludes halogenated alkanes) is 1. The molecule has 4 heteroatoms. The predicted molar refractivity (Wildman–Crippen MR) is 64.5 cm³/mol. The van der Waals surface area contributed by atoms with Gasteiger partial charge in [0.05, 0.1) is 7.11 Å². The van der Waals surface area contributed by atoms with E-state index in [1.807, 2.05) is 6.07 Å². The van der Waals surface area contributed by atoms with Crippen molar-refractivity contribution in [1.29, 1.82) is 0 Å². The average molecular weight is 273 g/mol. The van der Waals surface area contributed by atoms with Gasteiger partial charge in [-0.3, -0.25) is 0 Å². The van der Waals surface area contributed by atoms with E-state index in [0.717, 1.165) is 12.1 Å². The third kappa shape index (κ3) is 4.60. The van der Waals surface area contributed by atoms with Crippen LogP contribution < -0.4 is 4.74 Å². The molecule has 0 amide bonds. The lowest BCUT2D eigenvalue weighted by Crippen LogP contribution is -2.05. The Morgan fingerprint density at radius 3 is 2.93 bits per heavy atom. The normalized spacial score (nSPS) is 12.5. The lowest BCUT2D eigenvalue weighted by atomic mass is 10.1. The van der Waals surface area contributed by atoms with Gasteiger partial charge in [0, 0.05) is 23.0 Å². The first-order valence-electron chi connectivity index (χ1n) is 5.25. The van der Waals surface area contributed by atoms with Crippen LogP contribution >= 0.6 is 15.9 Å². The average Bonchev–Trinajstić information content (AvgIpc) is 2.26. The van der Waals surface area contributed by atoms with Crippen molar-refractivity contribution in [3.8, 4) is 5.88 Å². The predicted octanol–water partition coefficient (Wildman–Crippen LogP) is 2.98. The molecule has 0 aliphatic rings. The van der Waals surface area contributed by atoms with E-state index in [0.29, 0.717) is 10.7 Å². The minimum Gasteiger partial charge on any atom is -0.481 e. The number of nitrogens with zero attached hydrogens (tertiary/aromatic N) is 2. The second-order valence-electron chi connectivity index (χ2n) is 3.50. The van der Waals surface area contributed by atoms with Crippen LogP contribution in [0.15, 0.2) is 12.4 Å². The molecule has 0 aliphatic heterocycles. The Hall–Kier alpha value is -0.640. The van der Waals surface area contributed by atoms with Crippen LogP contribution in [0.4, 0.5) is 0 Å². The molecule has 0 radical (unpaired) electrons. The quantitative estimate of drug-likeness (QED) is 0.747. The Balaban J connectivity index is 2.48. The zero-order chi connectivity index (χ0) is 11.1. The molecule has 3 nitrogen and oxygen atoms in total. The van der Waals surface area contributed by atoms with E-state index in [9.17, 15) is 0 Å². The van der Waals surface area contributed by atoms with Crippen molar-refractivity contribution >= 4 is 15.9 Å². The molecule has 1 unspecified atom stereocenters. The molecule has 84 valence electrons. The largest absolute Gasteiger partial charge is 0.481 e. The molecule has 1 atom stereocenters. The maximum atomic E-state index is 5.05. The third-order valence-electron chi connectivity index (χ3n) is 2.21. The van der Waals surface area contributed by atoms with Gasteiger partial charge in [0.2, 0.25) is 5.88 Å². The van der Waals surface area contributed by atoms with Gasteiger partial charge in [0.15, 0.2) is 0 Å². The number of hydrogen-bond donors (Lipinski definition) is 0. The maximum Gasteiger partial charge on any atom is 0.216 e. The van der Waals surface area contributed by atoms with Crippen LogP contribution in [0.3, 0.4) is 0 Å². The summed E-state index contributed by atoms with van der Waals surface area (Å²) >= 11 is 3.66. The zero-order valence-corrected chi connectivity index (χ0v) is 10.8. The topological polar surface area (TPSA) is 35.0 Å². The number of alkyl halides is 1. The Morgan fingerprint density at radius 1 is 1.47 bits per heavy atom. The van der Waals surface area contributed by atoms with Crippen molar-refractivity contribution in [3.63, 3.8) is 0 Å². The lowest BCUT2D eigenvalue weighted by Gasteiger charge is -2.08. The highest BCUT2D eigenvalue weighted by Crippen LogP contribution is 2.16. The monoisotopic (exact) mass is 272 g/mol. The number of halogens is 1. The highest BCUT2D eigenvalue weighted by atomic mass is 79.9. The van der Waals surface area contributed by atoms with Crippen molar-refractivity contribution in [2.75, 3.05) is 7.11 Å². The molecule has 1 heterocycles. The van der Waals surface area contributed by atoms with Gasteiger partial charge >= 0.3 is 0 Å². The van der Waals surface area contributed by atoms with Crippen molar-refractivity contribution in [1.82, 2.24) is 9.97 Å². The summed E-state index contributed by atoms with van der Waals surface area (Å²) in [7, 11) is 1.62. The first-order chi connectivity index (χ1) is 7.26. The summed E-state index contributed by atoms with van der Waals surface area (Å²) in [5, 5.41) is 0. The fourth-order valence-corrected chi connectivity index (χ4v) is 2.01. The van der Waals surface area contributed by atoms with Gasteiger partial charge in [-0.25, -0.2) is 9.97 Å². The Labute approximate surface area is 99.4 Å². The molecule has 0 saturated heterocycles. The molecular formula is C11H17BrN2O. The highest BCUT2D eigenvalue weighted by molar-refractivity contribution is 9.09. The van der Waals surface area contributed by atoms with Crippen molar-refractivity contribution in [2.45, 2.75) is 37.4 Å². The van der Waals surface area contributed by atoms with Crippen LogP contribution in [0.1, 0.15) is 31.9 Å². The van der Waals surface area contributed by atoms with E-state index >= 15 is 0 Å². The SMILES string of the molecule is CCCCC(Br)Cc1cc(OC)ncn1. The first-order valence-corrected chi connectivity index (χ1v) is 6.16. The zero-order valence-electron chi connectivity index (χ0n) is 9.24. The second kappa shape index (κ2) is 6.77. The molecule has 0 saturated carbocycles. The molecule has 15 heavy (non-hydrogen) atoms. The summed E-state index contributed by atoms with van der Waals surface area (Å²) in [6.45, 7) is 2.20. The van der Waals surface area contributed by atoms with E-state index in [4.69, 9.17) is 4.74 Å². The van der Waals surface area contributed by atoms with E-state index < -0.39 is 0 Å². The molecule has 0 N–H and O–H groups in total. The highest BCUT2D eigenvalue weighted by Gasteiger charge is 2.07. The van der Waals surface area contributed by atoms with Gasteiger partial charge < -0.3 is 4.74 Å². The molecule has 0 fully saturated rings. The van der Waals surface area contributed by atoms with E-state index in [2.05, 4.69) is 32.8 Å². The number of hydrogen-bond acceptors (Lipinski definition) is 3. The molecule has 1 rings (SSSR count). The van der Waals surface area contributed by atoms with Crippen LogP contribution in [-0.4, -0.2) is 21.9 Å². The van der Waals surface area contributed by atoms with Gasteiger partial charge in [0.1, 0.15) is 6.33 Å². The summed E-state index contributed by atoms with van der Waals surface area (Å²) in [4.78, 5) is 8.69. The van der Waals surface area contributed by atoms with E-state index in [-0.39, 0.29) is 0 Å². The second-order valence-corrected chi connectivity index (χ2v) is 4.79. The van der Waals surface area contributed by atoms with Gasteiger partial charge in [-0.15, -0.1) is 0 Å². The molecule has 1 aromatic heterocycles. The van der Waals surface area contributed by atoms with E-state index in [1.54, 1.807) is 13.4 Å². The van der Waals surface area contributed by atoms with Crippen LogP contribution in [-0.2, 0) is 6.42 Å². The minimum atomic E-state index is 0.497. The summed E-state index contributed by atoms with van der Waals surface area (Å²) in [6, 6.07) is 1.89. The third-order valence-corrected chi connectivity index (χ3v) is 2.99. The molecule has 0 aromatic carbocycles. The molecule has 1 aromatic rings. The number of methoxy groups -OCH3 is 1. The van der Waals surface area contributed by atoms with Gasteiger partial charge in [-0.05, 0) is 6.42 Å². The Morgan fingerprint density at radius 2 is 2.27 bits per heavy atom. The number of rotatable bonds is 6. The smallest absolute Gasteiger partial charge is 0.216 e. The van der Waals surface area contributed by atoms with Crippen molar-refractivity contribution in [3.05, 3.63) is 18.1 Å². The van der Waals surface area contributed by atoms with Crippen LogP contribution in [0.5, 0.6) is 5.88 Å². The summed E-state index contributed by atoms with van der Waals surface area (Å²) < 4.78 is 5.05. The molecule has 0 spiro atoms. The van der Waals surface area contributed by atoms with Crippen molar-refractivity contribution in [2.24, 2.45) is 0 Å². The summed E-state index contributed by atoms with van der Waals surface area (Å²) in [5.74, 6) is 0.634. The lowest BCUT2D eigenvalue weighted by molar-refractivity contribution is 0.396. The molecule has 0 bridgehead atoms. The maximum absolute atomic E-state index is 5.05. The summed E-state index contributed by atoms with van der Waals surface area (Å²) in [6.07, 6.45) is 6.14. The van der Waals surface area contributed by atoms with Crippen molar-refractivity contribution < 1.29 is 4.74 Å². The van der Waals surface area contributed by atoms with Gasteiger partial charge in [-0.1, -0.05) is 35.7 Å². The first kappa shape index (κ1) is 12.4. The molecule has 0 aliphatic carbocycles. The van der Waals surface area contributed by atoms with Crippen LogP contribution in [0, 0.1) is 0 Å². The van der Waals surface area contributed by atoms with E-state index in [1.165, 1.54) is 19.3 Å². The fraction of sp³-hybridized carbons (Fsp3) is 0.636. The fourth-order valence-electron chi connectivity index (χ4n) is 1.35. The number of aromatic nitrogens is 2. The standard InChI is InChI=1S/C11H17BrN2O/c1-3-4-5-9(12)6-10-7-11(15-2)14-8-13-10/h7-9H,3-6H2,1-2H3. The Bertz CT molecular complexity index is 294. The van der Waals surface area contributed by atoms with Crippen LogP contribution in [0.25, 0.3) is 0 Å². The summed E-state index contributed by atoms with van der Waals surface area (Å²) in [5.41, 5.74) is 1.03. The molecular weight excluding hydrogens is 256 g/mol. The van der Waals surface area contributed by atoms with Crippen LogP contribution in [0.2, 0.25) is 0 Å². The Kier molecular flexibility index (Phi) is 5.61.